The summed E-state index contributed by atoms with van der Waals surface area (Å²) in [5.41, 5.74) is 2.82. The Bertz CT molecular complexity index is 979. The zero-order chi connectivity index (χ0) is 21.8. The van der Waals surface area contributed by atoms with Crippen LogP contribution in [0.4, 0.5) is 17.1 Å². The van der Waals surface area contributed by atoms with Gasteiger partial charge in [0.1, 0.15) is 0 Å². The van der Waals surface area contributed by atoms with Crippen LogP contribution < -0.4 is 15.5 Å². The number of carbonyl (C=O) groups is 3. The van der Waals surface area contributed by atoms with Crippen LogP contribution in [0.25, 0.3) is 0 Å². The summed E-state index contributed by atoms with van der Waals surface area (Å²) >= 11 is 5.95. The number of para-hydroxylation sites is 2. The van der Waals surface area contributed by atoms with E-state index in [0.29, 0.717) is 22.1 Å². The molecule has 0 aromatic heterocycles. The molecule has 2 N–H and O–H groups in total. The predicted molar refractivity (Wildman–Crippen MR) is 119 cm³/mol. The van der Waals surface area contributed by atoms with Crippen LogP contribution in [0.5, 0.6) is 0 Å². The van der Waals surface area contributed by atoms with Gasteiger partial charge in [-0.1, -0.05) is 23.7 Å². The molecule has 1 aliphatic rings. The van der Waals surface area contributed by atoms with Gasteiger partial charge in [0.2, 0.25) is 17.7 Å². The van der Waals surface area contributed by atoms with Gasteiger partial charge in [-0.05, 0) is 56.8 Å². The average Bonchev–Trinajstić information content (AvgIpc) is 2.77. The molecule has 1 unspecified atom stereocenters. The van der Waals surface area contributed by atoms with Crippen LogP contribution in [-0.4, -0.2) is 48.8 Å². The van der Waals surface area contributed by atoms with Crippen LogP contribution in [-0.2, 0) is 14.4 Å². The van der Waals surface area contributed by atoms with Crippen molar-refractivity contribution in [3.8, 4) is 0 Å². The number of benzene rings is 2. The summed E-state index contributed by atoms with van der Waals surface area (Å²) in [4.78, 5) is 40.9. The quantitative estimate of drug-likeness (QED) is 0.765. The second-order valence-corrected chi connectivity index (χ2v) is 8.00. The molecule has 0 aliphatic carbocycles. The maximum Gasteiger partial charge on any atom is 0.241 e. The minimum Gasteiger partial charge on any atom is -0.325 e. The van der Waals surface area contributed by atoms with Crippen molar-refractivity contribution in [2.45, 2.75) is 26.3 Å². The molecule has 1 atom stereocenters. The van der Waals surface area contributed by atoms with E-state index in [1.807, 2.05) is 32.0 Å². The van der Waals surface area contributed by atoms with Gasteiger partial charge < -0.3 is 15.5 Å². The van der Waals surface area contributed by atoms with Crippen molar-refractivity contribution in [2.75, 3.05) is 35.7 Å². The highest BCUT2D eigenvalue weighted by Crippen LogP contribution is 2.31. The van der Waals surface area contributed by atoms with Crippen molar-refractivity contribution in [1.29, 1.82) is 0 Å². The Labute approximate surface area is 181 Å². The highest BCUT2D eigenvalue weighted by Gasteiger charge is 2.30. The number of halogens is 1. The molecule has 0 fully saturated rings. The molecule has 0 saturated heterocycles. The maximum absolute atomic E-state index is 13.1. The fourth-order valence-electron chi connectivity index (χ4n) is 3.53. The highest BCUT2D eigenvalue weighted by atomic mass is 35.5. The van der Waals surface area contributed by atoms with E-state index in [9.17, 15) is 14.4 Å². The summed E-state index contributed by atoms with van der Waals surface area (Å²) < 4.78 is 0. The van der Waals surface area contributed by atoms with Gasteiger partial charge in [-0.2, -0.15) is 0 Å². The third kappa shape index (κ3) is 5.17. The van der Waals surface area contributed by atoms with Crippen LogP contribution in [0.1, 0.15) is 18.9 Å². The van der Waals surface area contributed by atoms with Crippen molar-refractivity contribution in [1.82, 2.24) is 4.90 Å². The zero-order valence-electron chi connectivity index (χ0n) is 17.2. The van der Waals surface area contributed by atoms with Gasteiger partial charge in [-0.15, -0.1) is 0 Å². The molecule has 2 aromatic carbocycles. The average molecular weight is 429 g/mol. The number of hydrogen-bond acceptors (Lipinski definition) is 4. The number of aryl methyl sites for hydroxylation is 1. The number of nitrogens with zero attached hydrogens (tertiary/aromatic N) is 2. The van der Waals surface area contributed by atoms with E-state index >= 15 is 0 Å². The van der Waals surface area contributed by atoms with Gasteiger partial charge >= 0.3 is 0 Å². The lowest BCUT2D eigenvalue weighted by atomic mass is 10.1. The lowest BCUT2D eigenvalue weighted by molar-refractivity contribution is -0.121. The normalized spacial score (nSPS) is 16.0. The molecular formula is C22H25ClN4O3. The standard InChI is InChI=1S/C22H25ClN4O3/c1-14-10-16(23)8-9-17(14)24-21(29)12-26(3)13-22(30)27-15(2)11-20(28)25-18-6-4-5-7-19(18)27/h4-10,15H,11-13H2,1-3H3,(H,24,29)(H,25,28). The summed E-state index contributed by atoms with van der Waals surface area (Å²) in [5.74, 6) is -0.530. The highest BCUT2D eigenvalue weighted by molar-refractivity contribution is 6.30. The molecule has 0 bridgehead atoms. The summed E-state index contributed by atoms with van der Waals surface area (Å²) in [6.45, 7) is 3.80. The largest absolute Gasteiger partial charge is 0.325 e. The Hall–Kier alpha value is -2.90. The van der Waals surface area contributed by atoms with Crippen LogP contribution in [0, 0.1) is 6.92 Å². The first-order valence-electron chi connectivity index (χ1n) is 9.70. The Balaban J connectivity index is 1.66. The number of likely N-dealkylation sites (N-methyl/N-ethyl adjacent to an activating group) is 1. The molecule has 0 radical (unpaired) electrons. The molecule has 3 rings (SSSR count). The fraction of sp³-hybridized carbons (Fsp3) is 0.318. The Morgan fingerprint density at radius 3 is 2.70 bits per heavy atom. The van der Waals surface area contributed by atoms with Crippen LogP contribution in [0.15, 0.2) is 42.5 Å². The molecule has 2 aromatic rings. The number of amides is 3. The molecule has 0 spiro atoms. The van der Waals surface area contributed by atoms with Crippen LogP contribution >= 0.6 is 11.6 Å². The Kier molecular flexibility index (Phi) is 6.74. The van der Waals surface area contributed by atoms with Crippen molar-refractivity contribution in [3.63, 3.8) is 0 Å². The van der Waals surface area contributed by atoms with E-state index < -0.39 is 0 Å². The van der Waals surface area contributed by atoms with E-state index in [-0.39, 0.29) is 43.3 Å². The molecular weight excluding hydrogens is 404 g/mol. The van der Waals surface area contributed by atoms with E-state index in [4.69, 9.17) is 11.6 Å². The number of hydrogen-bond donors (Lipinski definition) is 2. The first kappa shape index (κ1) is 21.8. The van der Waals surface area contributed by atoms with E-state index in [1.54, 1.807) is 41.1 Å². The van der Waals surface area contributed by atoms with Crippen LogP contribution in [0.2, 0.25) is 5.02 Å². The van der Waals surface area contributed by atoms with Gasteiger partial charge in [0, 0.05) is 23.2 Å². The number of rotatable bonds is 5. The number of carbonyl (C=O) groups excluding carboxylic acids is 3. The zero-order valence-corrected chi connectivity index (χ0v) is 18.0. The topological polar surface area (TPSA) is 81.8 Å². The number of fused-ring (bicyclic) bond motifs is 1. The lowest BCUT2D eigenvalue weighted by Gasteiger charge is -2.29. The summed E-state index contributed by atoms with van der Waals surface area (Å²) in [5, 5.41) is 6.29. The van der Waals surface area contributed by atoms with Gasteiger partial charge in [0.25, 0.3) is 0 Å². The molecule has 3 amide bonds. The van der Waals surface area contributed by atoms with Crippen molar-refractivity contribution in [2.24, 2.45) is 0 Å². The van der Waals surface area contributed by atoms with Crippen molar-refractivity contribution >= 4 is 46.4 Å². The van der Waals surface area contributed by atoms with E-state index in [1.165, 1.54) is 0 Å². The second kappa shape index (κ2) is 9.28. The third-order valence-corrected chi connectivity index (χ3v) is 5.14. The summed E-state index contributed by atoms with van der Waals surface area (Å²) in [6, 6.07) is 12.2. The molecule has 7 nitrogen and oxygen atoms in total. The molecule has 30 heavy (non-hydrogen) atoms. The van der Waals surface area contributed by atoms with Gasteiger partial charge in [-0.25, -0.2) is 0 Å². The first-order chi connectivity index (χ1) is 14.2. The maximum atomic E-state index is 13.1. The smallest absolute Gasteiger partial charge is 0.241 e. The van der Waals surface area contributed by atoms with E-state index in [0.717, 1.165) is 5.56 Å². The number of nitrogens with one attached hydrogen (secondary N) is 2. The third-order valence-electron chi connectivity index (χ3n) is 4.91. The molecule has 1 heterocycles. The number of anilines is 3. The molecule has 158 valence electrons. The van der Waals surface area contributed by atoms with Gasteiger partial charge in [0.05, 0.1) is 24.5 Å². The fourth-order valence-corrected chi connectivity index (χ4v) is 3.76. The van der Waals surface area contributed by atoms with E-state index in [2.05, 4.69) is 10.6 Å². The first-order valence-corrected chi connectivity index (χ1v) is 10.1. The molecule has 8 heteroatoms. The summed E-state index contributed by atoms with van der Waals surface area (Å²) in [6.07, 6.45) is 0.209. The van der Waals surface area contributed by atoms with Gasteiger partial charge in [-0.3, -0.25) is 19.3 Å². The monoisotopic (exact) mass is 428 g/mol. The lowest BCUT2D eigenvalue weighted by Crippen LogP contribution is -2.45. The van der Waals surface area contributed by atoms with Crippen molar-refractivity contribution < 1.29 is 14.4 Å². The Morgan fingerprint density at radius 1 is 1.23 bits per heavy atom. The summed E-state index contributed by atoms with van der Waals surface area (Å²) in [7, 11) is 1.71. The second-order valence-electron chi connectivity index (χ2n) is 7.56. The predicted octanol–water partition coefficient (Wildman–Crippen LogP) is 3.28. The van der Waals surface area contributed by atoms with Crippen molar-refractivity contribution in [3.05, 3.63) is 53.1 Å². The Morgan fingerprint density at radius 2 is 1.97 bits per heavy atom. The SMILES string of the molecule is Cc1cc(Cl)ccc1NC(=O)CN(C)CC(=O)N1c2ccccc2NC(=O)CC1C. The molecule has 1 aliphatic heterocycles. The van der Waals surface area contributed by atoms with Gasteiger partial charge in [0.15, 0.2) is 0 Å². The minimum absolute atomic E-state index is 0.0416. The van der Waals surface area contributed by atoms with Crippen LogP contribution in [0.3, 0.4) is 0 Å². The molecule has 0 saturated carbocycles. The minimum atomic E-state index is -0.292.